The number of aromatic hydroxyl groups is 1. The zero-order valence-corrected chi connectivity index (χ0v) is 7.14. The third kappa shape index (κ3) is 1.48. The lowest BCUT2D eigenvalue weighted by Gasteiger charge is -1.90. The van der Waals surface area contributed by atoms with Crippen LogP contribution in [0.25, 0.3) is 0 Å². The minimum Gasteiger partial charge on any atom is -0.493 e. The van der Waals surface area contributed by atoms with E-state index in [1.54, 1.807) is 11.3 Å². The van der Waals surface area contributed by atoms with Crippen LogP contribution in [0.2, 0.25) is 0 Å². The highest BCUT2D eigenvalue weighted by molar-refractivity contribution is 7.09. The number of H-pyrrole nitrogens is 1. The van der Waals surface area contributed by atoms with Crippen molar-refractivity contribution in [2.24, 2.45) is 0 Å². The van der Waals surface area contributed by atoms with Crippen molar-refractivity contribution in [2.45, 2.75) is 6.42 Å². The Bertz CT molecular complexity index is 353. The van der Waals surface area contributed by atoms with Gasteiger partial charge in [-0.05, 0) is 11.4 Å². The fourth-order valence-corrected chi connectivity index (χ4v) is 1.73. The first-order valence-corrected chi connectivity index (χ1v) is 4.48. The number of hydrogen-bond acceptors (Lipinski definition) is 3. The number of aromatic amines is 1. The minimum absolute atomic E-state index is 0.126. The molecular weight excluding hydrogens is 172 g/mol. The van der Waals surface area contributed by atoms with Crippen LogP contribution < -0.4 is 0 Å². The predicted molar refractivity (Wildman–Crippen MR) is 47.4 cm³/mol. The summed E-state index contributed by atoms with van der Waals surface area (Å²) in [4.78, 5) is 8.00. The molecule has 2 N–H and O–H groups in total. The monoisotopic (exact) mass is 180 g/mol. The molecule has 0 radical (unpaired) electrons. The molecule has 62 valence electrons. The van der Waals surface area contributed by atoms with Crippen LogP contribution in [0, 0.1) is 0 Å². The Hall–Kier alpha value is -1.29. The number of aromatic nitrogens is 2. The van der Waals surface area contributed by atoms with Crippen LogP contribution in [0.4, 0.5) is 0 Å². The summed E-state index contributed by atoms with van der Waals surface area (Å²) in [6.07, 6.45) is 2.18. The molecule has 0 bridgehead atoms. The molecule has 3 nitrogen and oxygen atoms in total. The molecule has 2 aromatic heterocycles. The van der Waals surface area contributed by atoms with E-state index < -0.39 is 0 Å². The first-order valence-electron chi connectivity index (χ1n) is 3.60. The summed E-state index contributed by atoms with van der Waals surface area (Å²) in [7, 11) is 0. The van der Waals surface area contributed by atoms with Crippen LogP contribution in [0.5, 0.6) is 5.88 Å². The predicted octanol–water partition coefficient (Wildman–Crippen LogP) is 1.77. The topological polar surface area (TPSA) is 48.9 Å². The van der Waals surface area contributed by atoms with Gasteiger partial charge in [-0.3, -0.25) is 0 Å². The molecule has 4 heteroatoms. The van der Waals surface area contributed by atoms with Gasteiger partial charge in [-0.1, -0.05) is 6.07 Å². The second kappa shape index (κ2) is 2.98. The third-order valence-corrected chi connectivity index (χ3v) is 2.41. The number of thiophene rings is 1. The second-order valence-corrected chi connectivity index (χ2v) is 3.50. The molecule has 0 spiro atoms. The number of nitrogens with one attached hydrogen (secondary N) is 1. The van der Waals surface area contributed by atoms with Crippen LogP contribution in [0.3, 0.4) is 0 Å². The lowest BCUT2D eigenvalue weighted by Crippen LogP contribution is -1.86. The Labute approximate surface area is 73.7 Å². The van der Waals surface area contributed by atoms with Gasteiger partial charge in [0.2, 0.25) is 5.88 Å². The molecule has 0 amide bonds. The molecule has 0 aliphatic heterocycles. The number of hydrogen-bond donors (Lipinski definition) is 2. The molecule has 0 aromatic carbocycles. The van der Waals surface area contributed by atoms with Crippen LogP contribution >= 0.6 is 11.3 Å². The Balaban J connectivity index is 2.14. The van der Waals surface area contributed by atoms with Gasteiger partial charge < -0.3 is 10.1 Å². The first-order chi connectivity index (χ1) is 5.84. The number of imidazole rings is 1. The number of rotatable bonds is 2. The fraction of sp³-hybridized carbons (Fsp3) is 0.125. The molecular formula is C8H8N2OS. The van der Waals surface area contributed by atoms with E-state index in [-0.39, 0.29) is 5.88 Å². The van der Waals surface area contributed by atoms with Crippen molar-refractivity contribution in [3.8, 4) is 5.88 Å². The van der Waals surface area contributed by atoms with E-state index >= 15 is 0 Å². The maximum Gasteiger partial charge on any atom is 0.208 e. The quantitative estimate of drug-likeness (QED) is 0.740. The smallest absolute Gasteiger partial charge is 0.208 e. The zero-order valence-electron chi connectivity index (χ0n) is 6.32. The van der Waals surface area contributed by atoms with Crippen molar-refractivity contribution in [1.29, 1.82) is 0 Å². The molecule has 0 aliphatic carbocycles. The molecule has 12 heavy (non-hydrogen) atoms. The van der Waals surface area contributed by atoms with Crippen molar-refractivity contribution in [3.05, 3.63) is 34.4 Å². The highest BCUT2D eigenvalue weighted by Crippen LogP contribution is 2.13. The van der Waals surface area contributed by atoms with E-state index in [1.807, 2.05) is 17.5 Å². The molecule has 2 rings (SSSR count). The van der Waals surface area contributed by atoms with Crippen molar-refractivity contribution in [1.82, 2.24) is 9.97 Å². The average molecular weight is 180 g/mol. The summed E-state index contributed by atoms with van der Waals surface area (Å²) >= 11 is 1.69. The normalized spacial score (nSPS) is 10.3. The average Bonchev–Trinajstić information content (AvgIpc) is 2.63. The van der Waals surface area contributed by atoms with Gasteiger partial charge in [-0.2, -0.15) is 0 Å². The molecule has 0 fully saturated rings. The molecule has 0 unspecified atom stereocenters. The fourth-order valence-electron chi connectivity index (χ4n) is 1.02. The highest BCUT2D eigenvalue weighted by atomic mass is 32.1. The van der Waals surface area contributed by atoms with Gasteiger partial charge in [0.15, 0.2) is 0 Å². The zero-order chi connectivity index (χ0) is 8.39. The van der Waals surface area contributed by atoms with Gasteiger partial charge in [0.25, 0.3) is 0 Å². The molecule has 2 aromatic rings. The second-order valence-electron chi connectivity index (χ2n) is 2.47. The minimum atomic E-state index is 0.126. The van der Waals surface area contributed by atoms with E-state index in [9.17, 15) is 0 Å². The van der Waals surface area contributed by atoms with E-state index in [2.05, 4.69) is 9.97 Å². The van der Waals surface area contributed by atoms with Gasteiger partial charge in [0, 0.05) is 11.3 Å². The highest BCUT2D eigenvalue weighted by Gasteiger charge is 2.00. The maximum atomic E-state index is 8.97. The third-order valence-electron chi connectivity index (χ3n) is 1.54. The van der Waals surface area contributed by atoms with Crippen molar-refractivity contribution >= 4 is 11.3 Å². The van der Waals surface area contributed by atoms with Gasteiger partial charge in [-0.15, -0.1) is 11.3 Å². The van der Waals surface area contributed by atoms with E-state index in [1.165, 1.54) is 11.1 Å². The Morgan fingerprint density at radius 1 is 1.58 bits per heavy atom. The standard InChI is InChI=1S/C8H8N2OS/c11-8-5-9-7(10-8)4-6-2-1-3-12-6/h1-3,5,11H,4H2,(H,9,10). The van der Waals surface area contributed by atoms with Gasteiger partial charge in [0.1, 0.15) is 5.82 Å². The van der Waals surface area contributed by atoms with Crippen LogP contribution in [-0.4, -0.2) is 15.1 Å². The lowest BCUT2D eigenvalue weighted by atomic mass is 10.3. The van der Waals surface area contributed by atoms with Crippen molar-refractivity contribution < 1.29 is 5.11 Å². The van der Waals surface area contributed by atoms with Crippen LogP contribution in [0.1, 0.15) is 10.7 Å². The van der Waals surface area contributed by atoms with Crippen LogP contribution in [0.15, 0.2) is 23.7 Å². The van der Waals surface area contributed by atoms with Gasteiger partial charge in [-0.25, -0.2) is 4.98 Å². The van der Waals surface area contributed by atoms with Gasteiger partial charge in [0.05, 0.1) is 6.20 Å². The molecule has 0 atom stereocenters. The van der Waals surface area contributed by atoms with E-state index in [0.29, 0.717) is 0 Å². The molecule has 0 aliphatic rings. The van der Waals surface area contributed by atoms with Gasteiger partial charge >= 0.3 is 0 Å². The SMILES string of the molecule is Oc1cnc(Cc2cccs2)[nH]1. The maximum absolute atomic E-state index is 8.97. The summed E-state index contributed by atoms with van der Waals surface area (Å²) in [5.41, 5.74) is 0. The summed E-state index contributed by atoms with van der Waals surface area (Å²) in [6, 6.07) is 4.05. The summed E-state index contributed by atoms with van der Waals surface area (Å²) in [6.45, 7) is 0. The largest absolute Gasteiger partial charge is 0.493 e. The lowest BCUT2D eigenvalue weighted by molar-refractivity contribution is 0.455. The summed E-state index contributed by atoms with van der Waals surface area (Å²) in [5.74, 6) is 0.927. The first kappa shape index (κ1) is 7.36. The van der Waals surface area contributed by atoms with Crippen LogP contribution in [-0.2, 0) is 6.42 Å². The Morgan fingerprint density at radius 2 is 2.50 bits per heavy atom. The Kier molecular flexibility index (Phi) is 1.83. The van der Waals surface area contributed by atoms with E-state index in [0.717, 1.165) is 12.2 Å². The summed E-state index contributed by atoms with van der Waals surface area (Å²) in [5, 5.41) is 11.0. The molecule has 0 saturated heterocycles. The van der Waals surface area contributed by atoms with Crippen molar-refractivity contribution in [2.75, 3.05) is 0 Å². The summed E-state index contributed by atoms with van der Waals surface area (Å²) < 4.78 is 0. The number of nitrogens with zero attached hydrogens (tertiary/aromatic N) is 1. The Morgan fingerprint density at radius 3 is 3.08 bits per heavy atom. The molecule has 0 saturated carbocycles. The molecule has 2 heterocycles. The van der Waals surface area contributed by atoms with Crippen molar-refractivity contribution in [3.63, 3.8) is 0 Å². The van der Waals surface area contributed by atoms with E-state index in [4.69, 9.17) is 5.11 Å².